The minimum Gasteiger partial charge on any atom is -0.314 e. The SMILES string of the molecule is NC1NNC(C(F)(F)F)C1c1ccc(Cl)cc1. The molecule has 0 saturated carbocycles. The molecule has 3 atom stereocenters. The Balaban J connectivity index is 2.31. The molecule has 0 radical (unpaired) electrons. The number of rotatable bonds is 1. The van der Waals surface area contributed by atoms with Crippen LogP contribution < -0.4 is 16.6 Å². The molecule has 2 rings (SSSR count). The van der Waals surface area contributed by atoms with Crippen LogP contribution in [0, 0.1) is 0 Å². The van der Waals surface area contributed by atoms with Gasteiger partial charge in [0.2, 0.25) is 0 Å². The first-order valence-corrected chi connectivity index (χ1v) is 5.36. The Bertz CT molecular complexity index is 393. The van der Waals surface area contributed by atoms with Crippen molar-refractivity contribution in [2.75, 3.05) is 0 Å². The topological polar surface area (TPSA) is 50.1 Å². The third kappa shape index (κ3) is 2.55. The van der Waals surface area contributed by atoms with Gasteiger partial charge in [0.15, 0.2) is 0 Å². The first kappa shape index (κ1) is 12.6. The molecule has 1 aliphatic rings. The Hall–Kier alpha value is -0.820. The van der Waals surface area contributed by atoms with Gasteiger partial charge in [-0.1, -0.05) is 23.7 Å². The van der Waals surface area contributed by atoms with E-state index in [-0.39, 0.29) is 0 Å². The molecule has 0 aromatic heterocycles. The van der Waals surface area contributed by atoms with Crippen LogP contribution in [0.2, 0.25) is 5.02 Å². The number of alkyl halides is 3. The van der Waals surface area contributed by atoms with Gasteiger partial charge in [0, 0.05) is 10.9 Å². The zero-order chi connectivity index (χ0) is 12.6. The first-order chi connectivity index (χ1) is 7.89. The van der Waals surface area contributed by atoms with E-state index in [0.717, 1.165) is 0 Å². The maximum Gasteiger partial charge on any atom is 0.405 e. The molecule has 17 heavy (non-hydrogen) atoms. The fourth-order valence-corrected chi connectivity index (χ4v) is 2.07. The maximum atomic E-state index is 12.8. The average molecular weight is 266 g/mol. The highest BCUT2D eigenvalue weighted by atomic mass is 35.5. The summed E-state index contributed by atoms with van der Waals surface area (Å²) in [5.74, 6) is -0.868. The second-order valence-corrected chi connectivity index (χ2v) is 4.35. The van der Waals surface area contributed by atoms with Crippen LogP contribution in [0.5, 0.6) is 0 Å². The molecule has 1 aromatic carbocycles. The van der Waals surface area contributed by atoms with Gasteiger partial charge in [0.1, 0.15) is 6.04 Å². The smallest absolute Gasteiger partial charge is 0.314 e. The second-order valence-electron chi connectivity index (χ2n) is 3.91. The van der Waals surface area contributed by atoms with Crippen molar-refractivity contribution in [3.05, 3.63) is 34.9 Å². The Morgan fingerprint density at radius 2 is 1.71 bits per heavy atom. The lowest BCUT2D eigenvalue weighted by Crippen LogP contribution is -2.43. The number of nitrogens with one attached hydrogen (secondary N) is 2. The van der Waals surface area contributed by atoms with Gasteiger partial charge in [-0.05, 0) is 17.7 Å². The molecular weight excluding hydrogens is 255 g/mol. The lowest BCUT2D eigenvalue weighted by molar-refractivity contribution is -0.156. The number of nitrogens with two attached hydrogens (primary N) is 1. The molecule has 3 nitrogen and oxygen atoms in total. The minimum absolute atomic E-state index is 0.477. The van der Waals surface area contributed by atoms with Crippen LogP contribution in [0.1, 0.15) is 11.5 Å². The number of benzene rings is 1. The van der Waals surface area contributed by atoms with Gasteiger partial charge in [0.05, 0.1) is 6.17 Å². The van der Waals surface area contributed by atoms with Crippen molar-refractivity contribution < 1.29 is 13.2 Å². The largest absolute Gasteiger partial charge is 0.405 e. The molecular formula is C10H11ClF3N3. The molecule has 0 spiro atoms. The van der Waals surface area contributed by atoms with Gasteiger partial charge in [-0.15, -0.1) is 0 Å². The summed E-state index contributed by atoms with van der Waals surface area (Å²) in [6, 6.07) is 4.52. The van der Waals surface area contributed by atoms with Crippen LogP contribution in [0.3, 0.4) is 0 Å². The number of halogens is 4. The molecule has 3 unspecified atom stereocenters. The molecule has 7 heteroatoms. The molecule has 1 aliphatic heterocycles. The Kier molecular flexibility index (Phi) is 3.31. The van der Waals surface area contributed by atoms with Gasteiger partial charge >= 0.3 is 6.18 Å². The lowest BCUT2D eigenvalue weighted by atomic mass is 9.90. The first-order valence-electron chi connectivity index (χ1n) is 4.98. The van der Waals surface area contributed by atoms with E-state index in [1.54, 1.807) is 24.3 Å². The molecule has 0 amide bonds. The minimum atomic E-state index is -4.36. The van der Waals surface area contributed by atoms with Crippen molar-refractivity contribution in [2.24, 2.45) is 5.73 Å². The van der Waals surface area contributed by atoms with E-state index < -0.39 is 24.3 Å². The van der Waals surface area contributed by atoms with Gasteiger partial charge in [0.25, 0.3) is 0 Å². The van der Waals surface area contributed by atoms with E-state index >= 15 is 0 Å². The van der Waals surface area contributed by atoms with Crippen molar-refractivity contribution in [1.29, 1.82) is 0 Å². The maximum absolute atomic E-state index is 12.8. The standard InChI is InChI=1S/C10H11ClF3N3/c11-6-3-1-5(2-4-6)7-8(10(12,13)14)16-17-9(7)15/h1-4,7-9,16-17H,15H2. The Morgan fingerprint density at radius 1 is 1.12 bits per heavy atom. The van der Waals surface area contributed by atoms with E-state index in [1.165, 1.54) is 0 Å². The highest BCUT2D eigenvalue weighted by molar-refractivity contribution is 6.30. The Labute approximate surface area is 101 Å². The summed E-state index contributed by atoms with van der Waals surface area (Å²) in [4.78, 5) is 0. The average Bonchev–Trinajstić information content (AvgIpc) is 2.61. The van der Waals surface area contributed by atoms with E-state index in [1.807, 2.05) is 0 Å². The molecule has 1 heterocycles. The highest BCUT2D eigenvalue weighted by Crippen LogP contribution is 2.35. The van der Waals surface area contributed by atoms with Crippen molar-refractivity contribution in [3.8, 4) is 0 Å². The van der Waals surface area contributed by atoms with E-state index in [2.05, 4.69) is 10.9 Å². The fourth-order valence-electron chi connectivity index (χ4n) is 1.94. The lowest BCUT2D eigenvalue weighted by Gasteiger charge is -2.23. The number of hydrazine groups is 1. The van der Waals surface area contributed by atoms with Gasteiger partial charge in [-0.3, -0.25) is 0 Å². The highest BCUT2D eigenvalue weighted by Gasteiger charge is 2.50. The monoisotopic (exact) mass is 265 g/mol. The summed E-state index contributed by atoms with van der Waals surface area (Å²) in [5, 5.41) is 0.477. The normalized spacial score (nSPS) is 29.6. The van der Waals surface area contributed by atoms with Crippen LogP contribution in [0.15, 0.2) is 24.3 Å². The van der Waals surface area contributed by atoms with Gasteiger partial charge in [-0.25, -0.2) is 10.9 Å². The van der Waals surface area contributed by atoms with Crippen LogP contribution in [-0.4, -0.2) is 18.4 Å². The van der Waals surface area contributed by atoms with Crippen LogP contribution >= 0.6 is 11.6 Å². The molecule has 0 bridgehead atoms. The number of hydrogen-bond acceptors (Lipinski definition) is 3. The zero-order valence-corrected chi connectivity index (χ0v) is 9.39. The predicted octanol–water partition coefficient (Wildman–Crippen LogP) is 1.75. The summed E-state index contributed by atoms with van der Waals surface area (Å²) in [6.45, 7) is 0. The summed E-state index contributed by atoms with van der Waals surface area (Å²) < 4.78 is 38.3. The summed E-state index contributed by atoms with van der Waals surface area (Å²) >= 11 is 5.70. The molecule has 94 valence electrons. The van der Waals surface area contributed by atoms with Crippen LogP contribution in [0.4, 0.5) is 13.2 Å². The van der Waals surface area contributed by atoms with Gasteiger partial charge in [-0.2, -0.15) is 13.2 Å². The quantitative estimate of drug-likeness (QED) is 0.725. The predicted molar refractivity (Wildman–Crippen MR) is 58.3 cm³/mol. The zero-order valence-electron chi connectivity index (χ0n) is 8.63. The molecule has 1 aromatic rings. The van der Waals surface area contributed by atoms with E-state index in [9.17, 15) is 13.2 Å². The van der Waals surface area contributed by atoms with Crippen molar-refractivity contribution >= 4 is 11.6 Å². The molecule has 1 fully saturated rings. The molecule has 0 aliphatic carbocycles. The Morgan fingerprint density at radius 3 is 2.24 bits per heavy atom. The van der Waals surface area contributed by atoms with Crippen molar-refractivity contribution in [3.63, 3.8) is 0 Å². The van der Waals surface area contributed by atoms with E-state index in [4.69, 9.17) is 17.3 Å². The van der Waals surface area contributed by atoms with Crippen LogP contribution in [-0.2, 0) is 0 Å². The third-order valence-corrected chi connectivity index (χ3v) is 3.01. The third-order valence-electron chi connectivity index (χ3n) is 2.76. The summed E-state index contributed by atoms with van der Waals surface area (Å²) in [6.07, 6.45) is -5.14. The summed E-state index contributed by atoms with van der Waals surface area (Å²) in [7, 11) is 0. The molecule has 1 saturated heterocycles. The van der Waals surface area contributed by atoms with Gasteiger partial charge < -0.3 is 5.73 Å². The second kappa shape index (κ2) is 4.45. The van der Waals surface area contributed by atoms with Crippen LogP contribution in [0.25, 0.3) is 0 Å². The number of hydrogen-bond donors (Lipinski definition) is 3. The fraction of sp³-hybridized carbons (Fsp3) is 0.400. The summed E-state index contributed by atoms with van der Waals surface area (Å²) in [5.41, 5.74) is 10.7. The van der Waals surface area contributed by atoms with Crippen molar-refractivity contribution in [1.82, 2.24) is 10.9 Å². The van der Waals surface area contributed by atoms with Crippen molar-refractivity contribution in [2.45, 2.75) is 24.3 Å². The molecule has 4 N–H and O–H groups in total. The van der Waals surface area contributed by atoms with E-state index in [0.29, 0.717) is 10.6 Å².